The summed E-state index contributed by atoms with van der Waals surface area (Å²) in [6, 6.07) is 8.27. The molecule has 0 amide bonds. The second-order valence-corrected chi connectivity index (χ2v) is 4.45. The molecule has 1 aromatic heterocycles. The van der Waals surface area contributed by atoms with Crippen LogP contribution in [-0.2, 0) is 11.3 Å². The third-order valence-corrected chi connectivity index (χ3v) is 3.05. The van der Waals surface area contributed by atoms with Crippen molar-refractivity contribution in [2.75, 3.05) is 20.7 Å². The van der Waals surface area contributed by atoms with Gasteiger partial charge in [-0.1, -0.05) is 18.2 Å². The number of rotatable bonds is 1. The van der Waals surface area contributed by atoms with Crippen LogP contribution >= 0.6 is 0 Å². The molecule has 0 fully saturated rings. The van der Waals surface area contributed by atoms with Gasteiger partial charge in [0.25, 0.3) is 0 Å². The minimum atomic E-state index is 0. The Balaban J connectivity index is 0.00000108. The van der Waals surface area contributed by atoms with Gasteiger partial charge in [0.2, 0.25) is 6.23 Å². The highest BCUT2D eigenvalue weighted by molar-refractivity contribution is 5.81. The van der Waals surface area contributed by atoms with E-state index in [-0.39, 0.29) is 18.6 Å². The maximum Gasteiger partial charge on any atom is 0.235 e. The SMILES string of the molecule is C[NH+](C)[C@@H]1OCCn2nc3ccccc3c21.[Cl-]. The van der Waals surface area contributed by atoms with Crippen LogP contribution in [0.15, 0.2) is 24.3 Å². The molecule has 0 aliphatic carbocycles. The fourth-order valence-electron chi connectivity index (χ4n) is 2.32. The number of nitrogens with one attached hydrogen (secondary N) is 1. The Labute approximate surface area is 107 Å². The third-order valence-electron chi connectivity index (χ3n) is 3.05. The summed E-state index contributed by atoms with van der Waals surface area (Å²) in [6.07, 6.45) is 0.0983. The van der Waals surface area contributed by atoms with Crippen LogP contribution in [0.2, 0.25) is 0 Å². The van der Waals surface area contributed by atoms with E-state index in [0.717, 1.165) is 18.7 Å². The first-order chi connectivity index (χ1) is 7.77. The summed E-state index contributed by atoms with van der Waals surface area (Å²) >= 11 is 0. The van der Waals surface area contributed by atoms with Crippen molar-refractivity contribution in [2.45, 2.75) is 12.8 Å². The quantitative estimate of drug-likeness (QED) is 0.596. The van der Waals surface area contributed by atoms with E-state index in [1.807, 2.05) is 6.07 Å². The van der Waals surface area contributed by atoms with E-state index in [1.54, 1.807) is 0 Å². The van der Waals surface area contributed by atoms with Gasteiger partial charge in [-0.05, 0) is 6.07 Å². The van der Waals surface area contributed by atoms with Crippen molar-refractivity contribution >= 4 is 10.9 Å². The fourth-order valence-corrected chi connectivity index (χ4v) is 2.32. The summed E-state index contributed by atoms with van der Waals surface area (Å²) in [4.78, 5) is 1.28. The first kappa shape index (κ1) is 12.4. The zero-order chi connectivity index (χ0) is 11.1. The van der Waals surface area contributed by atoms with Crippen LogP contribution < -0.4 is 17.3 Å². The van der Waals surface area contributed by atoms with Gasteiger partial charge < -0.3 is 22.0 Å². The van der Waals surface area contributed by atoms with E-state index in [0.29, 0.717) is 0 Å². The van der Waals surface area contributed by atoms with Crippen LogP contribution in [0.25, 0.3) is 10.9 Å². The number of aromatic nitrogens is 2. The molecule has 1 aliphatic heterocycles. The number of ether oxygens (including phenoxy) is 1. The molecule has 1 N–H and O–H groups in total. The van der Waals surface area contributed by atoms with E-state index in [1.165, 1.54) is 16.0 Å². The first-order valence-corrected chi connectivity index (χ1v) is 5.64. The van der Waals surface area contributed by atoms with Crippen molar-refractivity contribution in [2.24, 2.45) is 0 Å². The molecule has 0 spiro atoms. The summed E-state index contributed by atoms with van der Waals surface area (Å²) < 4.78 is 7.92. The predicted molar refractivity (Wildman–Crippen MR) is 61.2 cm³/mol. The molecule has 1 aliphatic rings. The third kappa shape index (κ3) is 1.92. The van der Waals surface area contributed by atoms with E-state index in [9.17, 15) is 0 Å². The van der Waals surface area contributed by atoms with E-state index in [2.05, 4.69) is 42.1 Å². The van der Waals surface area contributed by atoms with Crippen molar-refractivity contribution in [1.29, 1.82) is 0 Å². The zero-order valence-electron chi connectivity index (χ0n) is 9.98. The second-order valence-electron chi connectivity index (χ2n) is 4.45. The monoisotopic (exact) mass is 253 g/mol. The standard InChI is InChI=1S/C12H15N3O.ClH/c1-14(2)12-11-9-5-3-4-6-10(9)13-15(11)7-8-16-12;/h3-6,12H,7-8H2,1-2H3;1H/t12-;/m1./s1. The smallest absolute Gasteiger partial charge is 0.235 e. The maximum absolute atomic E-state index is 5.83. The van der Waals surface area contributed by atoms with Gasteiger partial charge in [-0.3, -0.25) is 4.68 Å². The lowest BCUT2D eigenvalue weighted by molar-refractivity contribution is -0.920. The van der Waals surface area contributed by atoms with Gasteiger partial charge >= 0.3 is 0 Å². The molecule has 2 heterocycles. The number of fused-ring (bicyclic) bond motifs is 3. The minimum Gasteiger partial charge on any atom is -1.00 e. The number of nitrogens with zero attached hydrogens (tertiary/aromatic N) is 2. The largest absolute Gasteiger partial charge is 1.00 e. The van der Waals surface area contributed by atoms with Gasteiger partial charge in [-0.2, -0.15) is 5.10 Å². The molecule has 5 heteroatoms. The van der Waals surface area contributed by atoms with Crippen LogP contribution in [0, 0.1) is 0 Å². The molecular weight excluding hydrogens is 238 g/mol. The number of hydrogen-bond donors (Lipinski definition) is 1. The molecule has 17 heavy (non-hydrogen) atoms. The molecule has 4 nitrogen and oxygen atoms in total. The molecule has 1 atom stereocenters. The Bertz CT molecular complexity index is 523. The average Bonchev–Trinajstić information content (AvgIpc) is 2.66. The number of quaternary nitrogens is 1. The van der Waals surface area contributed by atoms with Crippen LogP contribution in [0.4, 0.5) is 0 Å². The molecule has 0 saturated carbocycles. The molecule has 0 saturated heterocycles. The molecule has 0 radical (unpaired) electrons. The van der Waals surface area contributed by atoms with Crippen molar-refractivity contribution in [3.63, 3.8) is 0 Å². The van der Waals surface area contributed by atoms with Crippen LogP contribution in [0.5, 0.6) is 0 Å². The Morgan fingerprint density at radius 2 is 2.12 bits per heavy atom. The molecule has 2 aromatic rings. The van der Waals surface area contributed by atoms with Crippen LogP contribution in [-0.4, -0.2) is 30.5 Å². The van der Waals surface area contributed by atoms with Crippen molar-refractivity contribution in [3.8, 4) is 0 Å². The van der Waals surface area contributed by atoms with Crippen molar-refractivity contribution in [3.05, 3.63) is 30.0 Å². The summed E-state index contributed by atoms with van der Waals surface area (Å²) in [5.41, 5.74) is 2.27. The van der Waals surface area contributed by atoms with Gasteiger partial charge in [0.15, 0.2) is 0 Å². The van der Waals surface area contributed by atoms with Gasteiger partial charge in [-0.25, -0.2) is 0 Å². The Kier molecular flexibility index (Phi) is 3.38. The van der Waals surface area contributed by atoms with Gasteiger partial charge in [0, 0.05) is 5.39 Å². The van der Waals surface area contributed by atoms with Gasteiger partial charge in [0.05, 0.1) is 32.8 Å². The Hall–Kier alpha value is -1.10. The lowest BCUT2D eigenvalue weighted by Crippen LogP contribution is -3.06. The normalized spacial score (nSPS) is 19.1. The number of benzene rings is 1. The fraction of sp³-hybridized carbons (Fsp3) is 0.417. The van der Waals surface area contributed by atoms with Crippen molar-refractivity contribution in [1.82, 2.24) is 9.78 Å². The molecular formula is C12H16ClN3O. The second kappa shape index (κ2) is 4.64. The summed E-state index contributed by atoms with van der Waals surface area (Å²) in [7, 11) is 4.23. The zero-order valence-corrected chi connectivity index (χ0v) is 10.7. The summed E-state index contributed by atoms with van der Waals surface area (Å²) in [6.45, 7) is 1.60. The summed E-state index contributed by atoms with van der Waals surface area (Å²) in [5, 5.41) is 5.83. The van der Waals surface area contributed by atoms with E-state index < -0.39 is 0 Å². The highest BCUT2D eigenvalue weighted by Crippen LogP contribution is 2.25. The maximum atomic E-state index is 5.83. The Morgan fingerprint density at radius 3 is 2.88 bits per heavy atom. The number of hydrogen-bond acceptors (Lipinski definition) is 2. The first-order valence-electron chi connectivity index (χ1n) is 5.64. The highest BCUT2D eigenvalue weighted by atomic mass is 35.5. The van der Waals surface area contributed by atoms with Gasteiger partial charge in [0.1, 0.15) is 5.69 Å². The van der Waals surface area contributed by atoms with E-state index in [4.69, 9.17) is 4.74 Å². The molecule has 0 bridgehead atoms. The summed E-state index contributed by atoms with van der Waals surface area (Å²) in [5.74, 6) is 0. The molecule has 92 valence electrons. The Morgan fingerprint density at radius 1 is 1.35 bits per heavy atom. The highest BCUT2D eigenvalue weighted by Gasteiger charge is 2.29. The lowest BCUT2D eigenvalue weighted by atomic mass is 10.2. The topological polar surface area (TPSA) is 31.5 Å². The minimum absolute atomic E-state index is 0. The molecule has 0 unspecified atom stereocenters. The molecule has 1 aromatic carbocycles. The average molecular weight is 254 g/mol. The molecule has 3 rings (SSSR count). The number of halogens is 1. The lowest BCUT2D eigenvalue weighted by Gasteiger charge is -2.26. The van der Waals surface area contributed by atoms with Crippen LogP contribution in [0.1, 0.15) is 11.9 Å². The van der Waals surface area contributed by atoms with Crippen molar-refractivity contribution < 1.29 is 22.0 Å². The van der Waals surface area contributed by atoms with Crippen LogP contribution in [0.3, 0.4) is 0 Å². The van der Waals surface area contributed by atoms with Gasteiger partial charge in [-0.15, -0.1) is 0 Å². The van der Waals surface area contributed by atoms with E-state index >= 15 is 0 Å². The predicted octanol–water partition coefficient (Wildman–Crippen LogP) is -2.79.